The molecule has 0 bridgehead atoms. The van der Waals surface area contributed by atoms with Crippen LogP contribution < -0.4 is 5.32 Å². The maximum atomic E-state index is 12.1. The lowest BCUT2D eigenvalue weighted by atomic mass is 9.99. The third kappa shape index (κ3) is 4.70. The largest absolute Gasteiger partial charge is 0.480 e. The molecular formula is C13H24N2O4. The fourth-order valence-corrected chi connectivity index (χ4v) is 2.36. The first-order valence-corrected chi connectivity index (χ1v) is 6.72. The molecule has 2 unspecified atom stereocenters. The van der Waals surface area contributed by atoms with Crippen LogP contribution in [0.2, 0.25) is 0 Å². The third-order valence-electron chi connectivity index (χ3n) is 3.42. The fourth-order valence-electron chi connectivity index (χ4n) is 2.36. The van der Waals surface area contributed by atoms with Crippen LogP contribution in [0.4, 0.5) is 4.79 Å². The molecule has 0 spiro atoms. The highest BCUT2D eigenvalue weighted by atomic mass is 16.5. The van der Waals surface area contributed by atoms with Gasteiger partial charge in [-0.2, -0.15) is 0 Å². The molecule has 6 heteroatoms. The van der Waals surface area contributed by atoms with E-state index in [1.165, 1.54) is 0 Å². The monoisotopic (exact) mass is 272 g/mol. The van der Waals surface area contributed by atoms with Crippen molar-refractivity contribution in [3.8, 4) is 0 Å². The number of hydrogen-bond donors (Lipinski definition) is 2. The number of carbonyl (C=O) groups excluding carboxylic acids is 1. The first kappa shape index (κ1) is 15.8. The van der Waals surface area contributed by atoms with Crippen LogP contribution in [-0.2, 0) is 9.53 Å². The summed E-state index contributed by atoms with van der Waals surface area (Å²) in [5, 5.41) is 11.7. The summed E-state index contributed by atoms with van der Waals surface area (Å²) < 4.78 is 5.11. The molecule has 0 aromatic rings. The second-order valence-corrected chi connectivity index (χ2v) is 5.42. The van der Waals surface area contributed by atoms with Crippen molar-refractivity contribution in [3.05, 3.63) is 0 Å². The normalized spacial score (nSPS) is 21.3. The number of likely N-dealkylation sites (tertiary alicyclic amines) is 1. The van der Waals surface area contributed by atoms with Gasteiger partial charge in [0.05, 0.1) is 6.61 Å². The number of carbonyl (C=O) groups is 2. The predicted octanol–water partition coefficient (Wildman–Crippen LogP) is 1.16. The molecule has 2 N–H and O–H groups in total. The molecule has 110 valence electrons. The number of urea groups is 1. The summed E-state index contributed by atoms with van der Waals surface area (Å²) in [6, 6.07) is -1.13. The van der Waals surface area contributed by atoms with Gasteiger partial charge >= 0.3 is 12.0 Å². The predicted molar refractivity (Wildman–Crippen MR) is 71.0 cm³/mol. The molecule has 0 aromatic carbocycles. The average molecular weight is 272 g/mol. The van der Waals surface area contributed by atoms with Gasteiger partial charge in [0.15, 0.2) is 0 Å². The Morgan fingerprint density at radius 2 is 2.16 bits per heavy atom. The molecule has 1 saturated heterocycles. The average Bonchev–Trinajstić information content (AvgIpc) is 2.35. The van der Waals surface area contributed by atoms with Crippen molar-refractivity contribution in [1.29, 1.82) is 0 Å². The zero-order chi connectivity index (χ0) is 14.4. The summed E-state index contributed by atoms with van der Waals surface area (Å²) in [6.45, 7) is 5.50. The Hall–Kier alpha value is -1.30. The van der Waals surface area contributed by atoms with Crippen LogP contribution in [0, 0.1) is 11.8 Å². The van der Waals surface area contributed by atoms with Crippen LogP contribution in [0.1, 0.15) is 26.7 Å². The number of hydrogen-bond acceptors (Lipinski definition) is 3. The molecule has 19 heavy (non-hydrogen) atoms. The first-order chi connectivity index (χ1) is 8.95. The lowest BCUT2D eigenvalue weighted by molar-refractivity contribution is -0.140. The Labute approximate surface area is 114 Å². The summed E-state index contributed by atoms with van der Waals surface area (Å²) in [6.07, 6.45) is 1.98. The quantitative estimate of drug-likeness (QED) is 0.787. The smallest absolute Gasteiger partial charge is 0.326 e. The number of amides is 2. The van der Waals surface area contributed by atoms with Crippen molar-refractivity contribution in [2.75, 3.05) is 26.8 Å². The van der Waals surface area contributed by atoms with Gasteiger partial charge in [-0.3, -0.25) is 0 Å². The lowest BCUT2D eigenvalue weighted by Crippen LogP contribution is -2.52. The molecular weight excluding hydrogens is 248 g/mol. The van der Waals surface area contributed by atoms with Gasteiger partial charge in [-0.05, 0) is 18.8 Å². The summed E-state index contributed by atoms with van der Waals surface area (Å²) in [5.74, 6) is -0.790. The van der Waals surface area contributed by atoms with Crippen molar-refractivity contribution in [2.24, 2.45) is 11.8 Å². The summed E-state index contributed by atoms with van der Waals surface area (Å²) in [5.41, 5.74) is 0. The van der Waals surface area contributed by atoms with Gasteiger partial charge in [-0.15, -0.1) is 0 Å². The van der Waals surface area contributed by atoms with Crippen molar-refractivity contribution in [3.63, 3.8) is 0 Å². The molecule has 6 nitrogen and oxygen atoms in total. The number of nitrogens with one attached hydrogen (secondary N) is 1. The molecule has 0 saturated carbocycles. The van der Waals surface area contributed by atoms with Crippen molar-refractivity contribution in [1.82, 2.24) is 10.2 Å². The van der Waals surface area contributed by atoms with Gasteiger partial charge in [0.1, 0.15) is 6.04 Å². The van der Waals surface area contributed by atoms with E-state index < -0.39 is 12.0 Å². The molecule has 1 heterocycles. The SMILES string of the molecule is COCC1CCCN(C(=O)NC(C(=O)O)C(C)C)C1. The van der Waals surface area contributed by atoms with E-state index in [1.54, 1.807) is 25.9 Å². The third-order valence-corrected chi connectivity index (χ3v) is 3.42. The number of rotatable bonds is 5. The van der Waals surface area contributed by atoms with Crippen LogP contribution >= 0.6 is 0 Å². The highest BCUT2D eigenvalue weighted by molar-refractivity contribution is 5.82. The standard InChI is InChI=1S/C13H24N2O4/c1-9(2)11(12(16)17)14-13(18)15-6-4-5-10(7-15)8-19-3/h9-11H,4-8H2,1-3H3,(H,14,18)(H,16,17). The summed E-state index contributed by atoms with van der Waals surface area (Å²) in [4.78, 5) is 24.8. The van der Waals surface area contributed by atoms with Gasteiger partial charge < -0.3 is 20.1 Å². The fraction of sp³-hybridized carbons (Fsp3) is 0.846. The van der Waals surface area contributed by atoms with E-state index in [0.717, 1.165) is 12.8 Å². The van der Waals surface area contributed by atoms with Gasteiger partial charge in [0.2, 0.25) is 0 Å². The molecule has 1 aliphatic heterocycles. The van der Waals surface area contributed by atoms with Crippen molar-refractivity contribution in [2.45, 2.75) is 32.7 Å². The number of methoxy groups -OCH3 is 1. The van der Waals surface area contributed by atoms with Gasteiger partial charge in [-0.25, -0.2) is 9.59 Å². The zero-order valence-electron chi connectivity index (χ0n) is 11.9. The maximum Gasteiger partial charge on any atom is 0.326 e. The molecule has 2 amide bonds. The minimum atomic E-state index is -0.992. The van der Waals surface area contributed by atoms with E-state index in [9.17, 15) is 9.59 Å². The van der Waals surface area contributed by atoms with Gasteiger partial charge in [0.25, 0.3) is 0 Å². The zero-order valence-corrected chi connectivity index (χ0v) is 11.9. The van der Waals surface area contributed by atoms with Crippen LogP contribution in [0.25, 0.3) is 0 Å². The Bertz CT molecular complexity index is 318. The summed E-state index contributed by atoms with van der Waals surface area (Å²) >= 11 is 0. The van der Waals surface area contributed by atoms with Crippen molar-refractivity contribution < 1.29 is 19.4 Å². The number of nitrogens with zero attached hydrogens (tertiary/aromatic N) is 1. The Balaban J connectivity index is 2.54. The van der Waals surface area contributed by atoms with E-state index in [2.05, 4.69) is 5.32 Å². The Kier molecular flexibility index (Phi) is 6.08. The van der Waals surface area contributed by atoms with Crippen molar-refractivity contribution >= 4 is 12.0 Å². The van der Waals surface area contributed by atoms with Gasteiger partial charge in [0, 0.05) is 26.1 Å². The first-order valence-electron chi connectivity index (χ1n) is 6.72. The molecule has 2 atom stereocenters. The van der Waals surface area contributed by atoms with Crippen LogP contribution in [0.5, 0.6) is 0 Å². The van der Waals surface area contributed by atoms with E-state index in [1.807, 2.05) is 0 Å². The number of ether oxygens (including phenoxy) is 1. The molecule has 0 radical (unpaired) electrons. The highest BCUT2D eigenvalue weighted by Gasteiger charge is 2.28. The van der Waals surface area contributed by atoms with E-state index in [4.69, 9.17) is 9.84 Å². The van der Waals surface area contributed by atoms with Crippen LogP contribution in [0.15, 0.2) is 0 Å². The topological polar surface area (TPSA) is 78.9 Å². The molecule has 1 aliphatic rings. The summed E-state index contributed by atoms with van der Waals surface area (Å²) in [7, 11) is 1.65. The van der Waals surface area contributed by atoms with E-state index >= 15 is 0 Å². The Morgan fingerprint density at radius 1 is 1.47 bits per heavy atom. The minimum Gasteiger partial charge on any atom is -0.480 e. The Morgan fingerprint density at radius 3 is 2.68 bits per heavy atom. The minimum absolute atomic E-state index is 0.138. The molecule has 1 fully saturated rings. The second-order valence-electron chi connectivity index (χ2n) is 5.42. The number of carboxylic acids is 1. The van der Waals surface area contributed by atoms with E-state index in [0.29, 0.717) is 25.6 Å². The highest BCUT2D eigenvalue weighted by Crippen LogP contribution is 2.17. The molecule has 0 aliphatic carbocycles. The van der Waals surface area contributed by atoms with Crippen LogP contribution in [0.3, 0.4) is 0 Å². The van der Waals surface area contributed by atoms with E-state index in [-0.39, 0.29) is 11.9 Å². The second kappa shape index (κ2) is 7.33. The molecule has 0 aromatic heterocycles. The number of carboxylic acid groups (broad SMARTS) is 1. The number of aliphatic carboxylic acids is 1. The maximum absolute atomic E-state index is 12.1. The molecule has 1 rings (SSSR count). The number of piperidine rings is 1. The lowest BCUT2D eigenvalue weighted by Gasteiger charge is -2.33. The van der Waals surface area contributed by atoms with Gasteiger partial charge in [-0.1, -0.05) is 13.8 Å². The van der Waals surface area contributed by atoms with Crippen LogP contribution in [-0.4, -0.2) is 54.9 Å².